The lowest BCUT2D eigenvalue weighted by molar-refractivity contribution is 0.569. The lowest BCUT2D eigenvalue weighted by Gasteiger charge is -2.13. The molecule has 0 spiro atoms. The highest BCUT2D eigenvalue weighted by atomic mass is 16.5. The minimum absolute atomic E-state index is 0.425. The maximum absolute atomic E-state index is 10.2. The molecule has 0 heterocycles. The summed E-state index contributed by atoms with van der Waals surface area (Å²) in [5.41, 5.74) is 6.21. The van der Waals surface area contributed by atoms with Crippen molar-refractivity contribution in [3.63, 3.8) is 0 Å². The van der Waals surface area contributed by atoms with Crippen LogP contribution in [-0.4, -0.2) is 6.54 Å². The van der Waals surface area contributed by atoms with Crippen LogP contribution in [0.2, 0.25) is 0 Å². The Morgan fingerprint density at radius 2 is 1.43 bits per heavy atom. The van der Waals surface area contributed by atoms with Gasteiger partial charge in [-0.05, 0) is 65.2 Å². The molecule has 0 fully saturated rings. The third-order valence-corrected chi connectivity index (χ3v) is 4.20. The average molecular weight is 292 g/mol. The van der Waals surface area contributed by atoms with Crippen LogP contribution in [-0.2, 0) is 0 Å². The molecule has 0 bridgehead atoms. The van der Waals surface area contributed by atoms with Gasteiger partial charge < -0.3 is 10.7 Å². The van der Waals surface area contributed by atoms with E-state index in [0.29, 0.717) is 6.54 Å². The summed E-state index contributed by atoms with van der Waals surface area (Å²) in [4.78, 5) is 0. The van der Waals surface area contributed by atoms with Gasteiger partial charge in [0.05, 0.1) is 0 Å². The summed E-state index contributed by atoms with van der Waals surface area (Å²) in [6.07, 6.45) is 13.6. The number of allylic oxidation sites excluding steroid dienone is 5. The van der Waals surface area contributed by atoms with Gasteiger partial charge in [-0.1, -0.05) is 48.8 Å². The van der Waals surface area contributed by atoms with E-state index in [0.717, 1.165) is 31.6 Å². The van der Waals surface area contributed by atoms with E-state index in [1.54, 1.807) is 5.57 Å². The quantitative estimate of drug-likeness (QED) is 0.379. The molecule has 0 amide bonds. The first kappa shape index (κ1) is 20.1. The van der Waals surface area contributed by atoms with E-state index in [2.05, 4.69) is 46.8 Å². The molecule has 0 aliphatic rings. The van der Waals surface area contributed by atoms with Gasteiger partial charge in [0.15, 0.2) is 0 Å². The van der Waals surface area contributed by atoms with E-state index in [9.17, 15) is 5.21 Å². The van der Waals surface area contributed by atoms with Gasteiger partial charge in [-0.25, -0.2) is 0 Å². The topological polar surface area (TPSA) is 35.1 Å². The molecular formula is C19H34NO-. The van der Waals surface area contributed by atoms with Crippen molar-refractivity contribution in [2.45, 2.75) is 73.1 Å². The van der Waals surface area contributed by atoms with Crippen molar-refractivity contribution in [3.05, 3.63) is 40.2 Å². The highest BCUT2D eigenvalue weighted by molar-refractivity contribution is 5.07. The summed E-state index contributed by atoms with van der Waals surface area (Å²) in [5.74, 6) is 0.761. The second-order valence-corrected chi connectivity index (χ2v) is 5.99. The number of hydroxylamine groups is 1. The van der Waals surface area contributed by atoms with Crippen LogP contribution in [0, 0.1) is 11.1 Å². The van der Waals surface area contributed by atoms with Crippen molar-refractivity contribution in [3.8, 4) is 0 Å². The van der Waals surface area contributed by atoms with Crippen molar-refractivity contribution < 1.29 is 0 Å². The molecule has 21 heavy (non-hydrogen) atoms. The van der Waals surface area contributed by atoms with Crippen molar-refractivity contribution in [1.29, 1.82) is 0 Å². The normalized spacial score (nSPS) is 14.1. The van der Waals surface area contributed by atoms with Crippen LogP contribution in [0.25, 0.3) is 0 Å². The van der Waals surface area contributed by atoms with E-state index >= 15 is 0 Å². The Bertz CT molecular complexity index is 349. The Labute approximate surface area is 132 Å². The molecule has 0 aliphatic heterocycles. The molecule has 2 heteroatoms. The molecule has 0 rings (SSSR count). The second kappa shape index (κ2) is 12.8. The fraction of sp³-hybridized carbons (Fsp3) is 0.684. The monoisotopic (exact) mass is 292 g/mol. The first-order valence-corrected chi connectivity index (χ1v) is 8.37. The smallest absolute Gasteiger partial charge is 0.00197 e. The van der Waals surface area contributed by atoms with Crippen LogP contribution in [0.3, 0.4) is 0 Å². The minimum atomic E-state index is 0.425. The summed E-state index contributed by atoms with van der Waals surface area (Å²) in [6, 6.07) is 0. The van der Waals surface area contributed by atoms with Gasteiger partial charge in [0, 0.05) is 6.54 Å². The molecule has 122 valence electrons. The lowest BCUT2D eigenvalue weighted by Crippen LogP contribution is -2.02. The molecule has 0 aromatic rings. The first-order valence-electron chi connectivity index (χ1n) is 8.37. The van der Waals surface area contributed by atoms with Crippen molar-refractivity contribution in [2.75, 3.05) is 6.54 Å². The van der Waals surface area contributed by atoms with Gasteiger partial charge >= 0.3 is 0 Å². The van der Waals surface area contributed by atoms with Crippen LogP contribution in [0.5, 0.6) is 0 Å². The standard InChI is InChI=1S/C19H34NO/c1-6-19(7-2)18(5)13-9-12-16(3)10-8-11-17(4)14-15-20-21/h10,13-14,19-20H,6-9,11-12,15H2,1-5H3/q-1. The van der Waals surface area contributed by atoms with E-state index in [1.165, 1.54) is 24.0 Å². The summed E-state index contributed by atoms with van der Waals surface area (Å²) in [7, 11) is 0. The van der Waals surface area contributed by atoms with Crippen LogP contribution in [0.1, 0.15) is 73.1 Å². The molecule has 0 aliphatic carbocycles. The zero-order valence-corrected chi connectivity index (χ0v) is 14.7. The van der Waals surface area contributed by atoms with E-state index in [-0.39, 0.29) is 0 Å². The zero-order valence-electron chi connectivity index (χ0n) is 14.7. The van der Waals surface area contributed by atoms with E-state index < -0.39 is 0 Å². The SMILES string of the molecule is CCC(CC)C(C)=CCCC(C)=CCCC(C)=CCN[O-]. The molecular weight excluding hydrogens is 258 g/mol. The van der Waals surface area contributed by atoms with Crippen LogP contribution in [0.4, 0.5) is 0 Å². The first-order chi connectivity index (χ1) is 10.0. The fourth-order valence-electron chi connectivity index (χ4n) is 2.59. The van der Waals surface area contributed by atoms with E-state index in [4.69, 9.17) is 0 Å². The summed E-state index contributed by atoms with van der Waals surface area (Å²) in [6.45, 7) is 11.5. The predicted molar refractivity (Wildman–Crippen MR) is 95.2 cm³/mol. The molecule has 0 saturated carbocycles. The van der Waals surface area contributed by atoms with Gasteiger partial charge in [0.1, 0.15) is 0 Å². The Hall–Kier alpha value is -0.860. The Balaban J connectivity index is 4.06. The van der Waals surface area contributed by atoms with Gasteiger partial charge in [0.2, 0.25) is 0 Å². The largest absolute Gasteiger partial charge is 0.788 e. The van der Waals surface area contributed by atoms with Gasteiger partial charge in [-0.15, -0.1) is 0 Å². The van der Waals surface area contributed by atoms with Crippen molar-refractivity contribution in [1.82, 2.24) is 5.48 Å². The highest BCUT2D eigenvalue weighted by Crippen LogP contribution is 2.19. The van der Waals surface area contributed by atoms with Gasteiger partial charge in [-0.2, -0.15) is 0 Å². The fourth-order valence-corrected chi connectivity index (χ4v) is 2.59. The molecule has 0 radical (unpaired) electrons. The molecule has 2 nitrogen and oxygen atoms in total. The maximum atomic E-state index is 10.2. The number of nitrogens with one attached hydrogen (secondary N) is 1. The number of rotatable bonds is 11. The van der Waals surface area contributed by atoms with Crippen molar-refractivity contribution >= 4 is 0 Å². The summed E-state index contributed by atoms with van der Waals surface area (Å²) >= 11 is 0. The van der Waals surface area contributed by atoms with Crippen LogP contribution in [0.15, 0.2) is 34.9 Å². The molecule has 0 aromatic heterocycles. The van der Waals surface area contributed by atoms with Crippen LogP contribution >= 0.6 is 0 Å². The Morgan fingerprint density at radius 1 is 0.905 bits per heavy atom. The summed E-state index contributed by atoms with van der Waals surface area (Å²) in [5, 5.41) is 10.2. The molecule has 0 unspecified atom stereocenters. The van der Waals surface area contributed by atoms with Crippen LogP contribution < -0.4 is 5.48 Å². The zero-order chi connectivity index (χ0) is 16.1. The molecule has 1 N–H and O–H groups in total. The molecule has 0 atom stereocenters. The lowest BCUT2D eigenvalue weighted by atomic mass is 9.93. The molecule has 0 aromatic carbocycles. The minimum Gasteiger partial charge on any atom is -0.788 e. The Kier molecular flexibility index (Phi) is 12.3. The summed E-state index contributed by atoms with van der Waals surface area (Å²) < 4.78 is 0. The third-order valence-electron chi connectivity index (χ3n) is 4.20. The predicted octanol–water partition coefficient (Wildman–Crippen LogP) is 5.91. The van der Waals surface area contributed by atoms with Gasteiger partial charge in [-0.3, -0.25) is 0 Å². The average Bonchev–Trinajstić information content (AvgIpc) is 2.46. The second-order valence-electron chi connectivity index (χ2n) is 5.99. The third kappa shape index (κ3) is 10.5. The maximum Gasteiger partial charge on any atom is 0.00197 e. The number of hydrogen-bond acceptors (Lipinski definition) is 2. The number of hydrogen-bond donors (Lipinski definition) is 1. The highest BCUT2D eigenvalue weighted by Gasteiger charge is 2.04. The molecule has 0 saturated heterocycles. The van der Waals surface area contributed by atoms with Crippen molar-refractivity contribution in [2.24, 2.45) is 5.92 Å². The Morgan fingerprint density at radius 3 is 1.95 bits per heavy atom. The van der Waals surface area contributed by atoms with Gasteiger partial charge in [0.25, 0.3) is 0 Å². The van der Waals surface area contributed by atoms with E-state index in [1.807, 2.05) is 11.6 Å².